The zero-order valence-corrected chi connectivity index (χ0v) is 16.1. The van der Waals surface area contributed by atoms with Gasteiger partial charge in [-0.2, -0.15) is 18.3 Å². The normalized spacial score (nSPS) is 17.6. The molecule has 0 spiro atoms. The molecule has 0 unspecified atom stereocenters. The number of likely N-dealkylation sites (tertiary alicyclic amines) is 1. The van der Waals surface area contributed by atoms with E-state index in [9.17, 15) is 22.4 Å². The van der Waals surface area contributed by atoms with Crippen molar-refractivity contribution in [3.63, 3.8) is 0 Å². The molecule has 0 saturated carbocycles. The molecule has 3 rings (SSSR count). The number of nitrogen functional groups attached to an aromatic ring is 1. The Morgan fingerprint density at radius 2 is 2.17 bits per heavy atom. The summed E-state index contributed by atoms with van der Waals surface area (Å²) in [7, 11) is 0. The molecule has 1 aliphatic rings. The Balaban J connectivity index is 1.81. The minimum absolute atomic E-state index is 0.00238. The molecule has 11 heteroatoms. The van der Waals surface area contributed by atoms with Gasteiger partial charge in [0.05, 0.1) is 0 Å². The Morgan fingerprint density at radius 3 is 2.76 bits per heavy atom. The first-order valence-corrected chi connectivity index (χ1v) is 9.34. The van der Waals surface area contributed by atoms with Crippen LogP contribution in [0.15, 0.2) is 24.3 Å². The number of hydrogen-bond donors (Lipinski definition) is 2. The van der Waals surface area contributed by atoms with Crippen LogP contribution in [0.4, 0.5) is 23.2 Å². The topological polar surface area (TPSA) is 78.2 Å². The van der Waals surface area contributed by atoms with E-state index in [-0.39, 0.29) is 25.3 Å². The third kappa shape index (κ3) is 5.18. The van der Waals surface area contributed by atoms with E-state index >= 15 is 0 Å². The highest BCUT2D eigenvalue weighted by atomic mass is 35.5. The molecular weight excluding hydrogens is 414 g/mol. The predicted octanol–water partition coefficient (Wildman–Crippen LogP) is 3.35. The van der Waals surface area contributed by atoms with E-state index in [1.165, 1.54) is 4.90 Å². The van der Waals surface area contributed by atoms with Gasteiger partial charge in [0.1, 0.15) is 11.9 Å². The van der Waals surface area contributed by atoms with E-state index in [1.807, 2.05) is 4.90 Å². The van der Waals surface area contributed by atoms with Gasteiger partial charge in [-0.05, 0) is 18.6 Å². The molecule has 1 atom stereocenters. The lowest BCUT2D eigenvalue weighted by Gasteiger charge is -2.26. The first-order valence-electron chi connectivity index (χ1n) is 8.96. The van der Waals surface area contributed by atoms with Crippen LogP contribution in [0.5, 0.6) is 0 Å². The van der Waals surface area contributed by atoms with E-state index < -0.39 is 23.9 Å². The molecule has 158 valence electrons. The standard InChI is InChI=1S/C18H20ClF4N5O/c19-13-2-1-3-14(24)12(13)10-28(7-6-27-5-4-11(20)9-27)17(29)15-8-16(26-25-15)18(21,22)23/h1-3,8,11H,4-7,9-10,24H2,(H,25,26)/t11-/m0/s1. The van der Waals surface area contributed by atoms with E-state index in [2.05, 4.69) is 10.2 Å². The fraction of sp³-hybridized carbons (Fsp3) is 0.444. The molecule has 2 aromatic rings. The van der Waals surface area contributed by atoms with Crippen LogP contribution in [-0.2, 0) is 12.7 Å². The number of nitrogens with one attached hydrogen (secondary N) is 1. The minimum atomic E-state index is -4.67. The second kappa shape index (κ2) is 8.58. The van der Waals surface area contributed by atoms with E-state index in [4.69, 9.17) is 17.3 Å². The minimum Gasteiger partial charge on any atom is -0.398 e. The fourth-order valence-electron chi connectivity index (χ4n) is 3.18. The monoisotopic (exact) mass is 433 g/mol. The number of alkyl halides is 4. The highest BCUT2D eigenvalue weighted by molar-refractivity contribution is 6.31. The highest BCUT2D eigenvalue weighted by Crippen LogP contribution is 2.29. The number of aromatic nitrogens is 2. The number of carbonyl (C=O) groups excluding carboxylic acids is 1. The summed E-state index contributed by atoms with van der Waals surface area (Å²) < 4.78 is 51.9. The summed E-state index contributed by atoms with van der Waals surface area (Å²) in [6.45, 7) is 1.35. The summed E-state index contributed by atoms with van der Waals surface area (Å²) in [5.74, 6) is -0.677. The number of H-pyrrole nitrogens is 1. The van der Waals surface area contributed by atoms with Crippen molar-refractivity contribution in [3.05, 3.63) is 46.2 Å². The Kier molecular flexibility index (Phi) is 6.33. The first-order chi connectivity index (χ1) is 13.6. The summed E-state index contributed by atoms with van der Waals surface area (Å²) in [6, 6.07) is 5.56. The molecule has 1 amide bonds. The van der Waals surface area contributed by atoms with Gasteiger partial charge in [0, 0.05) is 55.1 Å². The second-order valence-electron chi connectivity index (χ2n) is 6.89. The van der Waals surface area contributed by atoms with Crippen molar-refractivity contribution < 1.29 is 22.4 Å². The molecule has 1 aromatic carbocycles. The maximum Gasteiger partial charge on any atom is 0.435 e. The average Bonchev–Trinajstić information content (AvgIpc) is 3.29. The van der Waals surface area contributed by atoms with Gasteiger partial charge >= 0.3 is 6.18 Å². The Bertz CT molecular complexity index is 852. The van der Waals surface area contributed by atoms with Crippen molar-refractivity contribution in [1.29, 1.82) is 0 Å². The van der Waals surface area contributed by atoms with Gasteiger partial charge in [-0.1, -0.05) is 17.7 Å². The van der Waals surface area contributed by atoms with Crippen LogP contribution >= 0.6 is 11.6 Å². The van der Waals surface area contributed by atoms with E-state index in [1.54, 1.807) is 18.2 Å². The predicted molar refractivity (Wildman–Crippen MR) is 100 cm³/mol. The highest BCUT2D eigenvalue weighted by Gasteiger charge is 2.35. The van der Waals surface area contributed by atoms with Crippen LogP contribution in [0.3, 0.4) is 0 Å². The molecule has 2 heterocycles. The number of benzene rings is 1. The van der Waals surface area contributed by atoms with Crippen LogP contribution in [0.1, 0.15) is 28.2 Å². The number of rotatable bonds is 6. The average molecular weight is 434 g/mol. The number of nitrogens with two attached hydrogens (primary N) is 1. The zero-order chi connectivity index (χ0) is 21.2. The molecule has 1 aliphatic heterocycles. The lowest BCUT2D eigenvalue weighted by Crippen LogP contribution is -2.38. The number of halogens is 5. The maximum atomic E-state index is 13.4. The smallest absolute Gasteiger partial charge is 0.398 e. The largest absolute Gasteiger partial charge is 0.435 e. The first kappa shape index (κ1) is 21.4. The van der Waals surface area contributed by atoms with Gasteiger partial charge in [-0.3, -0.25) is 14.8 Å². The van der Waals surface area contributed by atoms with Crippen LogP contribution in [0.25, 0.3) is 0 Å². The van der Waals surface area contributed by atoms with Gasteiger partial charge in [0.2, 0.25) is 0 Å². The third-order valence-corrected chi connectivity index (χ3v) is 5.15. The quantitative estimate of drug-likeness (QED) is 0.541. The molecule has 0 bridgehead atoms. The molecule has 3 N–H and O–H groups in total. The van der Waals surface area contributed by atoms with Crippen molar-refractivity contribution in [1.82, 2.24) is 20.0 Å². The van der Waals surface area contributed by atoms with Crippen molar-refractivity contribution in [2.45, 2.75) is 25.3 Å². The number of amides is 1. The number of anilines is 1. The molecule has 1 aromatic heterocycles. The summed E-state index contributed by atoms with van der Waals surface area (Å²) in [5.41, 5.74) is 5.32. The van der Waals surface area contributed by atoms with Gasteiger partial charge in [0.25, 0.3) is 5.91 Å². The van der Waals surface area contributed by atoms with Crippen LogP contribution in [0, 0.1) is 0 Å². The SMILES string of the molecule is Nc1cccc(Cl)c1CN(CCN1CC[C@H](F)C1)C(=O)c1cc(C(F)(F)F)n[nH]1. The fourth-order valence-corrected chi connectivity index (χ4v) is 3.42. The van der Waals surface area contributed by atoms with Crippen molar-refractivity contribution in [2.75, 3.05) is 31.9 Å². The Hall–Kier alpha value is -2.33. The summed E-state index contributed by atoms with van der Waals surface area (Å²) >= 11 is 6.19. The van der Waals surface area contributed by atoms with Crippen LogP contribution in [0.2, 0.25) is 5.02 Å². The van der Waals surface area contributed by atoms with Crippen molar-refractivity contribution >= 4 is 23.2 Å². The molecule has 1 saturated heterocycles. The molecule has 29 heavy (non-hydrogen) atoms. The van der Waals surface area contributed by atoms with Crippen LogP contribution in [-0.4, -0.2) is 58.3 Å². The Morgan fingerprint density at radius 1 is 1.41 bits per heavy atom. The zero-order valence-electron chi connectivity index (χ0n) is 15.3. The summed E-state index contributed by atoms with van der Waals surface area (Å²) in [6.07, 6.45) is -5.17. The van der Waals surface area contributed by atoms with E-state index in [0.29, 0.717) is 41.9 Å². The number of carbonyl (C=O) groups is 1. The lowest BCUT2D eigenvalue weighted by atomic mass is 10.1. The maximum absolute atomic E-state index is 13.4. The van der Waals surface area contributed by atoms with Gasteiger partial charge in [0.15, 0.2) is 5.69 Å². The van der Waals surface area contributed by atoms with Crippen molar-refractivity contribution in [3.8, 4) is 0 Å². The molecular formula is C18H20ClF4N5O. The third-order valence-electron chi connectivity index (χ3n) is 4.79. The second-order valence-corrected chi connectivity index (χ2v) is 7.29. The molecule has 6 nitrogen and oxygen atoms in total. The molecule has 1 fully saturated rings. The molecule has 0 aliphatic carbocycles. The summed E-state index contributed by atoms with van der Waals surface area (Å²) in [5, 5.41) is 5.66. The van der Waals surface area contributed by atoms with Crippen molar-refractivity contribution in [2.24, 2.45) is 0 Å². The Labute approximate surface area is 169 Å². The van der Waals surface area contributed by atoms with Gasteiger partial charge < -0.3 is 10.6 Å². The molecule has 0 radical (unpaired) electrons. The van der Waals surface area contributed by atoms with Gasteiger partial charge in [-0.25, -0.2) is 4.39 Å². The number of hydrogen-bond acceptors (Lipinski definition) is 4. The summed E-state index contributed by atoms with van der Waals surface area (Å²) in [4.78, 5) is 16.1. The number of aromatic amines is 1. The van der Waals surface area contributed by atoms with E-state index in [0.717, 1.165) is 0 Å². The number of nitrogens with zero attached hydrogens (tertiary/aromatic N) is 3. The van der Waals surface area contributed by atoms with Gasteiger partial charge in [-0.15, -0.1) is 0 Å². The lowest BCUT2D eigenvalue weighted by molar-refractivity contribution is -0.141. The van der Waals surface area contributed by atoms with Crippen LogP contribution < -0.4 is 5.73 Å².